The van der Waals surface area contributed by atoms with Crippen molar-refractivity contribution in [1.29, 1.82) is 0 Å². The quantitative estimate of drug-likeness (QED) is 0.865. The van der Waals surface area contributed by atoms with Crippen LogP contribution in [0.15, 0.2) is 29.2 Å². The van der Waals surface area contributed by atoms with Crippen molar-refractivity contribution in [2.75, 3.05) is 19.6 Å². The third-order valence-corrected chi connectivity index (χ3v) is 5.70. The van der Waals surface area contributed by atoms with Gasteiger partial charge in [0.15, 0.2) is 0 Å². The van der Waals surface area contributed by atoms with Crippen LogP contribution in [-0.4, -0.2) is 38.4 Å². The molecule has 18 heavy (non-hydrogen) atoms. The Morgan fingerprint density at radius 1 is 1.33 bits per heavy atom. The smallest absolute Gasteiger partial charge is 0.246 e. The lowest BCUT2D eigenvalue weighted by Gasteiger charge is -2.49. The van der Waals surface area contributed by atoms with Crippen molar-refractivity contribution in [3.05, 3.63) is 30.1 Å². The molecule has 0 saturated carbocycles. The zero-order chi connectivity index (χ0) is 12.8. The second-order valence-corrected chi connectivity index (χ2v) is 6.68. The third kappa shape index (κ3) is 1.75. The summed E-state index contributed by atoms with van der Waals surface area (Å²) >= 11 is 0. The maximum Gasteiger partial charge on any atom is 0.246 e. The highest BCUT2D eigenvalue weighted by atomic mass is 32.2. The van der Waals surface area contributed by atoms with Crippen molar-refractivity contribution in [2.45, 2.75) is 17.4 Å². The van der Waals surface area contributed by atoms with Crippen LogP contribution in [0.5, 0.6) is 0 Å². The average molecular weight is 270 g/mol. The fraction of sp³-hybridized carbons (Fsp3) is 0.500. The minimum atomic E-state index is -3.67. The van der Waals surface area contributed by atoms with Crippen LogP contribution in [0.3, 0.4) is 0 Å². The van der Waals surface area contributed by atoms with Crippen molar-refractivity contribution < 1.29 is 12.8 Å². The highest BCUT2D eigenvalue weighted by molar-refractivity contribution is 7.89. The summed E-state index contributed by atoms with van der Waals surface area (Å²) in [6.07, 6.45) is 0.804. The van der Waals surface area contributed by atoms with Gasteiger partial charge in [-0.3, -0.25) is 0 Å². The molecule has 1 aromatic carbocycles. The first-order chi connectivity index (χ1) is 8.60. The Balaban J connectivity index is 1.90. The summed E-state index contributed by atoms with van der Waals surface area (Å²) in [5.74, 6) is -0.296. The molecule has 2 atom stereocenters. The van der Waals surface area contributed by atoms with E-state index in [0.717, 1.165) is 19.5 Å². The van der Waals surface area contributed by atoms with E-state index in [1.807, 2.05) is 0 Å². The number of piperidine rings is 1. The number of halogens is 1. The highest BCUT2D eigenvalue weighted by Gasteiger charge is 2.47. The summed E-state index contributed by atoms with van der Waals surface area (Å²) in [5, 5.41) is 3.24. The normalized spacial score (nSPS) is 28.5. The number of rotatable bonds is 2. The van der Waals surface area contributed by atoms with Gasteiger partial charge in [-0.1, -0.05) is 12.1 Å². The van der Waals surface area contributed by atoms with E-state index >= 15 is 0 Å². The molecule has 2 heterocycles. The van der Waals surface area contributed by atoms with Crippen molar-refractivity contribution in [3.63, 3.8) is 0 Å². The van der Waals surface area contributed by atoms with Gasteiger partial charge in [0, 0.05) is 25.0 Å². The van der Waals surface area contributed by atoms with Gasteiger partial charge in [-0.2, -0.15) is 4.31 Å². The summed E-state index contributed by atoms with van der Waals surface area (Å²) in [4.78, 5) is -0.206. The molecule has 0 unspecified atom stereocenters. The van der Waals surface area contributed by atoms with Crippen LogP contribution in [0, 0.1) is 11.7 Å². The molecule has 4 nitrogen and oxygen atoms in total. The van der Waals surface area contributed by atoms with Crippen LogP contribution in [0.25, 0.3) is 0 Å². The van der Waals surface area contributed by atoms with Crippen LogP contribution in [-0.2, 0) is 10.0 Å². The van der Waals surface area contributed by atoms with Crippen molar-refractivity contribution in [1.82, 2.24) is 9.62 Å². The van der Waals surface area contributed by atoms with Crippen molar-refractivity contribution in [2.24, 2.45) is 5.92 Å². The number of fused-ring (bicyclic) bond motifs is 1. The summed E-state index contributed by atoms with van der Waals surface area (Å²) < 4.78 is 39.8. The number of benzene rings is 1. The molecule has 2 aliphatic rings. The largest absolute Gasteiger partial charge is 0.316 e. The first-order valence-corrected chi connectivity index (χ1v) is 7.52. The summed E-state index contributed by atoms with van der Waals surface area (Å²) in [7, 11) is -3.67. The molecule has 6 heteroatoms. The molecular formula is C12H15FN2O2S. The van der Waals surface area contributed by atoms with E-state index < -0.39 is 15.8 Å². The number of nitrogens with zero attached hydrogens (tertiary/aromatic N) is 1. The maximum absolute atomic E-state index is 13.6. The van der Waals surface area contributed by atoms with Crippen molar-refractivity contribution >= 4 is 10.0 Å². The van der Waals surface area contributed by atoms with Crippen LogP contribution in [0.1, 0.15) is 6.42 Å². The SMILES string of the molecule is O=S(=O)(c1ccccc1F)N1C[C@@H]2CNCC[C@@H]21. The summed E-state index contributed by atoms with van der Waals surface area (Å²) in [6.45, 7) is 2.17. The van der Waals surface area contributed by atoms with E-state index in [2.05, 4.69) is 5.32 Å². The first-order valence-electron chi connectivity index (χ1n) is 6.08. The molecule has 0 amide bonds. The monoisotopic (exact) mass is 270 g/mol. The molecule has 1 N–H and O–H groups in total. The fourth-order valence-corrected chi connectivity index (χ4v) is 4.60. The first kappa shape index (κ1) is 12.1. The number of nitrogens with one attached hydrogen (secondary N) is 1. The van der Waals surface area contributed by atoms with E-state index in [1.54, 1.807) is 6.07 Å². The zero-order valence-electron chi connectivity index (χ0n) is 9.84. The number of hydrogen-bond acceptors (Lipinski definition) is 3. The van der Waals surface area contributed by atoms with Crippen LogP contribution in [0.4, 0.5) is 4.39 Å². The second-order valence-electron chi connectivity index (χ2n) is 4.83. The second kappa shape index (κ2) is 4.29. The molecule has 98 valence electrons. The molecular weight excluding hydrogens is 255 g/mol. The molecule has 0 bridgehead atoms. The lowest BCUT2D eigenvalue weighted by molar-refractivity contribution is 0.0712. The number of hydrogen-bond donors (Lipinski definition) is 1. The van der Waals surface area contributed by atoms with Gasteiger partial charge in [0.2, 0.25) is 10.0 Å². The predicted molar refractivity (Wildman–Crippen MR) is 65.1 cm³/mol. The Labute approximate surface area is 106 Å². The molecule has 0 aromatic heterocycles. The van der Waals surface area contributed by atoms with E-state index in [1.165, 1.54) is 22.5 Å². The molecule has 1 aromatic rings. The zero-order valence-corrected chi connectivity index (χ0v) is 10.7. The van der Waals surface area contributed by atoms with Gasteiger partial charge in [-0.25, -0.2) is 12.8 Å². The lowest BCUT2D eigenvalue weighted by Crippen LogP contribution is -2.64. The minimum absolute atomic E-state index is 0.0378. The average Bonchev–Trinajstić information content (AvgIpc) is 2.31. The third-order valence-electron chi connectivity index (χ3n) is 3.78. The molecule has 3 rings (SSSR count). The number of sulfonamides is 1. The van der Waals surface area contributed by atoms with E-state index in [-0.39, 0.29) is 10.9 Å². The minimum Gasteiger partial charge on any atom is -0.316 e. The Hall–Kier alpha value is -0.980. The van der Waals surface area contributed by atoms with Gasteiger partial charge in [0.1, 0.15) is 10.7 Å². The van der Waals surface area contributed by atoms with Crippen molar-refractivity contribution in [3.8, 4) is 0 Å². The Bertz CT molecular complexity index is 561. The lowest BCUT2D eigenvalue weighted by atomic mass is 9.86. The predicted octanol–water partition coefficient (Wildman–Crippen LogP) is 0.808. The highest BCUT2D eigenvalue weighted by Crippen LogP contribution is 2.35. The molecule has 0 spiro atoms. The maximum atomic E-state index is 13.6. The topological polar surface area (TPSA) is 49.4 Å². The van der Waals surface area contributed by atoms with Gasteiger partial charge in [0.05, 0.1) is 0 Å². The van der Waals surface area contributed by atoms with Crippen LogP contribution in [0.2, 0.25) is 0 Å². The van der Waals surface area contributed by atoms with E-state index in [0.29, 0.717) is 12.5 Å². The van der Waals surface area contributed by atoms with Crippen LogP contribution < -0.4 is 5.32 Å². The van der Waals surface area contributed by atoms with E-state index in [4.69, 9.17) is 0 Å². The van der Waals surface area contributed by atoms with Gasteiger partial charge in [-0.15, -0.1) is 0 Å². The van der Waals surface area contributed by atoms with E-state index in [9.17, 15) is 12.8 Å². The molecule has 2 fully saturated rings. The van der Waals surface area contributed by atoms with Gasteiger partial charge >= 0.3 is 0 Å². The van der Waals surface area contributed by atoms with Gasteiger partial charge < -0.3 is 5.32 Å². The Morgan fingerprint density at radius 3 is 2.83 bits per heavy atom. The summed E-state index contributed by atoms with van der Waals surface area (Å²) in [5.41, 5.74) is 0. The Kier molecular flexibility index (Phi) is 2.88. The fourth-order valence-electron chi connectivity index (χ4n) is 2.76. The molecule has 0 radical (unpaired) electrons. The standard InChI is InChI=1S/C12H15FN2O2S/c13-10-3-1-2-4-12(10)18(16,17)15-8-9-7-14-6-5-11(9)15/h1-4,9,11,14H,5-8H2/t9-,11-/m0/s1. The molecule has 2 aliphatic heterocycles. The summed E-state index contributed by atoms with van der Waals surface area (Å²) in [6, 6.07) is 5.61. The molecule has 0 aliphatic carbocycles. The Morgan fingerprint density at radius 2 is 2.11 bits per heavy atom. The van der Waals surface area contributed by atoms with Gasteiger partial charge in [-0.05, 0) is 25.1 Å². The molecule has 2 saturated heterocycles. The van der Waals surface area contributed by atoms with Gasteiger partial charge in [0.25, 0.3) is 0 Å². The van der Waals surface area contributed by atoms with Crippen LogP contribution >= 0.6 is 0 Å².